The number of fused-ring (bicyclic) bond motifs is 3. The first-order valence-corrected chi connectivity index (χ1v) is 9.53. The van der Waals surface area contributed by atoms with E-state index in [1.165, 1.54) is 0 Å². The van der Waals surface area contributed by atoms with Crippen LogP contribution in [0.5, 0.6) is 0 Å². The Hall–Kier alpha value is -0.610. The lowest BCUT2D eigenvalue weighted by molar-refractivity contribution is -0.273. The minimum atomic E-state index is -0.777. The molecule has 2 saturated carbocycles. The van der Waals surface area contributed by atoms with Crippen LogP contribution < -0.4 is 0 Å². The number of aliphatic hydroxyl groups excluding tert-OH is 1. The number of carboxylic acid groups (broad SMARTS) is 1. The maximum Gasteiger partial charge on any atom is 0.306 e. The molecule has 4 nitrogen and oxygen atoms in total. The lowest BCUT2D eigenvalue weighted by Crippen LogP contribution is -2.64. The second-order valence-electron chi connectivity index (χ2n) is 10.00. The van der Waals surface area contributed by atoms with E-state index in [1.54, 1.807) is 0 Å². The number of carboxylic acids is 1. The van der Waals surface area contributed by atoms with Gasteiger partial charge in [0.25, 0.3) is 0 Å². The highest BCUT2D eigenvalue weighted by Crippen LogP contribution is 2.65. The van der Waals surface area contributed by atoms with Crippen molar-refractivity contribution < 1.29 is 19.7 Å². The third-order valence-electron chi connectivity index (χ3n) is 7.94. The normalized spacial score (nSPS) is 50.7. The highest BCUT2D eigenvalue weighted by atomic mass is 16.5. The number of carbonyl (C=O) groups is 1. The molecule has 1 aliphatic heterocycles. The van der Waals surface area contributed by atoms with Crippen LogP contribution >= 0.6 is 0 Å². The van der Waals surface area contributed by atoms with E-state index < -0.39 is 11.6 Å². The SMILES string of the molecule is CC1(CC(=O)O)CCC2C(C)(CCC3C(C)(C)C(O)CCC23C)O1. The zero-order valence-corrected chi connectivity index (χ0v) is 15.9. The molecule has 0 aromatic rings. The maximum absolute atomic E-state index is 11.2. The Bertz CT molecular complexity index is 530. The Kier molecular flexibility index (Phi) is 4.12. The summed E-state index contributed by atoms with van der Waals surface area (Å²) >= 11 is 0. The molecule has 0 amide bonds. The van der Waals surface area contributed by atoms with E-state index >= 15 is 0 Å². The fourth-order valence-electron chi connectivity index (χ4n) is 6.76. The second-order valence-corrected chi connectivity index (χ2v) is 10.00. The third-order valence-corrected chi connectivity index (χ3v) is 7.94. The monoisotopic (exact) mass is 338 g/mol. The first-order valence-electron chi connectivity index (χ1n) is 9.53. The molecule has 2 N–H and O–H groups in total. The van der Waals surface area contributed by atoms with Crippen LogP contribution in [0.25, 0.3) is 0 Å². The van der Waals surface area contributed by atoms with E-state index in [-0.39, 0.29) is 29.0 Å². The molecule has 4 heteroatoms. The van der Waals surface area contributed by atoms with Crippen LogP contribution in [0.15, 0.2) is 0 Å². The van der Waals surface area contributed by atoms with E-state index in [0.29, 0.717) is 11.8 Å². The smallest absolute Gasteiger partial charge is 0.306 e. The molecule has 0 spiro atoms. The molecule has 0 bridgehead atoms. The topological polar surface area (TPSA) is 66.8 Å². The highest BCUT2D eigenvalue weighted by Gasteiger charge is 2.63. The summed E-state index contributed by atoms with van der Waals surface area (Å²) in [5.41, 5.74) is -0.688. The Morgan fingerprint density at radius 2 is 1.62 bits per heavy atom. The fraction of sp³-hybridized carbons (Fsp3) is 0.950. The van der Waals surface area contributed by atoms with Crippen molar-refractivity contribution in [1.29, 1.82) is 0 Å². The van der Waals surface area contributed by atoms with Crippen LogP contribution in [0.2, 0.25) is 0 Å². The zero-order valence-electron chi connectivity index (χ0n) is 15.9. The molecule has 2 aliphatic carbocycles. The number of hydrogen-bond donors (Lipinski definition) is 2. The first-order chi connectivity index (χ1) is 10.9. The van der Waals surface area contributed by atoms with Gasteiger partial charge in [0.2, 0.25) is 0 Å². The summed E-state index contributed by atoms with van der Waals surface area (Å²) < 4.78 is 6.54. The summed E-state index contributed by atoms with van der Waals surface area (Å²) in [6.07, 6.45) is 5.62. The minimum Gasteiger partial charge on any atom is -0.481 e. The van der Waals surface area contributed by atoms with Crippen molar-refractivity contribution in [3.05, 3.63) is 0 Å². The largest absolute Gasteiger partial charge is 0.481 e. The van der Waals surface area contributed by atoms with Crippen molar-refractivity contribution in [2.75, 3.05) is 0 Å². The number of ether oxygens (including phenoxy) is 1. The van der Waals surface area contributed by atoms with Gasteiger partial charge in [0.15, 0.2) is 0 Å². The van der Waals surface area contributed by atoms with Gasteiger partial charge in [0.05, 0.1) is 23.7 Å². The van der Waals surface area contributed by atoms with E-state index in [2.05, 4.69) is 27.7 Å². The van der Waals surface area contributed by atoms with Crippen LogP contribution in [0, 0.1) is 22.7 Å². The predicted molar refractivity (Wildman–Crippen MR) is 92.7 cm³/mol. The number of aliphatic carboxylic acids is 1. The number of rotatable bonds is 2. The first kappa shape index (κ1) is 18.2. The molecule has 6 unspecified atom stereocenters. The quantitative estimate of drug-likeness (QED) is 0.798. The molecule has 1 saturated heterocycles. The van der Waals surface area contributed by atoms with Crippen LogP contribution in [0.3, 0.4) is 0 Å². The Labute approximate surface area is 146 Å². The second kappa shape index (κ2) is 5.44. The van der Waals surface area contributed by atoms with Crippen molar-refractivity contribution in [1.82, 2.24) is 0 Å². The van der Waals surface area contributed by atoms with Gasteiger partial charge in [0.1, 0.15) is 0 Å². The van der Waals surface area contributed by atoms with Crippen LogP contribution in [-0.2, 0) is 9.53 Å². The molecule has 3 rings (SSSR count). The summed E-state index contributed by atoms with van der Waals surface area (Å²) in [4.78, 5) is 11.2. The van der Waals surface area contributed by atoms with Gasteiger partial charge in [0, 0.05) is 0 Å². The van der Waals surface area contributed by atoms with Crippen molar-refractivity contribution in [3.63, 3.8) is 0 Å². The zero-order chi connectivity index (χ0) is 18.0. The summed E-state index contributed by atoms with van der Waals surface area (Å²) in [7, 11) is 0. The van der Waals surface area contributed by atoms with Crippen molar-refractivity contribution >= 4 is 5.97 Å². The number of hydrogen-bond acceptors (Lipinski definition) is 3. The Morgan fingerprint density at radius 1 is 1.00 bits per heavy atom. The standard InChI is InChI=1S/C20H34O4/c1-17(2)13-7-11-20(5)14(19(13,4)10-8-15(17)21)6-9-18(3,24-20)12-16(22)23/h13-15,21H,6-12H2,1-5H3,(H,22,23). The van der Waals surface area contributed by atoms with E-state index in [1.807, 2.05) is 6.92 Å². The third kappa shape index (κ3) is 2.61. The summed E-state index contributed by atoms with van der Waals surface area (Å²) in [6.45, 7) is 11.0. The van der Waals surface area contributed by atoms with E-state index in [0.717, 1.165) is 38.5 Å². The lowest BCUT2D eigenvalue weighted by atomic mass is 9.44. The Balaban J connectivity index is 1.90. The average molecular weight is 338 g/mol. The maximum atomic E-state index is 11.2. The summed E-state index contributed by atoms with van der Waals surface area (Å²) in [5, 5.41) is 19.8. The van der Waals surface area contributed by atoms with E-state index in [4.69, 9.17) is 4.74 Å². The van der Waals surface area contributed by atoms with Crippen molar-refractivity contribution in [2.45, 2.75) is 96.9 Å². The predicted octanol–water partition coefficient (Wildman–Crippen LogP) is 4.00. The van der Waals surface area contributed by atoms with Crippen LogP contribution in [0.4, 0.5) is 0 Å². The fourth-order valence-corrected chi connectivity index (χ4v) is 6.76. The molecular weight excluding hydrogens is 304 g/mol. The van der Waals surface area contributed by atoms with Gasteiger partial charge in [-0.1, -0.05) is 20.8 Å². The molecule has 3 aliphatic rings. The lowest BCUT2D eigenvalue weighted by Gasteiger charge is -2.66. The average Bonchev–Trinajstić information content (AvgIpc) is 2.41. The molecule has 6 atom stereocenters. The van der Waals surface area contributed by atoms with Gasteiger partial charge in [-0.25, -0.2) is 0 Å². The van der Waals surface area contributed by atoms with Gasteiger partial charge in [-0.05, 0) is 75.0 Å². The highest BCUT2D eigenvalue weighted by molar-refractivity contribution is 5.68. The van der Waals surface area contributed by atoms with Crippen molar-refractivity contribution in [3.8, 4) is 0 Å². The molecule has 138 valence electrons. The van der Waals surface area contributed by atoms with Gasteiger partial charge < -0.3 is 14.9 Å². The van der Waals surface area contributed by atoms with Crippen LogP contribution in [0.1, 0.15) is 79.6 Å². The molecule has 3 fully saturated rings. The Morgan fingerprint density at radius 3 is 2.25 bits per heavy atom. The van der Waals surface area contributed by atoms with Crippen molar-refractivity contribution in [2.24, 2.45) is 22.7 Å². The van der Waals surface area contributed by atoms with Gasteiger partial charge in [-0.2, -0.15) is 0 Å². The molecule has 0 aromatic heterocycles. The molecule has 24 heavy (non-hydrogen) atoms. The van der Waals surface area contributed by atoms with Gasteiger partial charge in [-0.3, -0.25) is 4.79 Å². The molecule has 1 heterocycles. The van der Waals surface area contributed by atoms with Crippen LogP contribution in [-0.4, -0.2) is 33.5 Å². The number of aliphatic hydroxyl groups is 1. The van der Waals surface area contributed by atoms with E-state index in [9.17, 15) is 15.0 Å². The molecular formula is C20H34O4. The van der Waals surface area contributed by atoms with Gasteiger partial charge >= 0.3 is 5.97 Å². The van der Waals surface area contributed by atoms with Gasteiger partial charge in [-0.15, -0.1) is 0 Å². The minimum absolute atomic E-state index is 0.0594. The molecule has 0 radical (unpaired) electrons. The summed E-state index contributed by atoms with van der Waals surface area (Å²) in [6, 6.07) is 0. The summed E-state index contributed by atoms with van der Waals surface area (Å²) in [5.74, 6) is 0.165. The molecule has 0 aromatic carbocycles.